The quantitative estimate of drug-likeness (QED) is 0.908. The topological polar surface area (TPSA) is 61.4 Å². The predicted octanol–water partition coefficient (Wildman–Crippen LogP) is 3.00. The molecule has 3 amide bonds. The Morgan fingerprint density at radius 2 is 1.67 bits per heavy atom. The van der Waals surface area contributed by atoms with Gasteiger partial charge in [0.05, 0.1) is 0 Å². The molecular weight excluding hydrogens is 302 g/mol. The fraction of sp³-hybridized carbons (Fsp3) is 0.263. The van der Waals surface area contributed by atoms with Crippen LogP contribution in [-0.4, -0.2) is 29.4 Å². The van der Waals surface area contributed by atoms with Gasteiger partial charge in [0, 0.05) is 18.8 Å². The minimum absolute atomic E-state index is 0.131. The Morgan fingerprint density at radius 3 is 2.38 bits per heavy atom. The summed E-state index contributed by atoms with van der Waals surface area (Å²) in [5.41, 5.74) is 1.79. The second-order valence-electron chi connectivity index (χ2n) is 5.85. The fourth-order valence-electron chi connectivity index (χ4n) is 2.90. The molecular formula is C19H21N3O2. The highest BCUT2D eigenvalue weighted by molar-refractivity contribution is 5.97. The lowest BCUT2D eigenvalue weighted by molar-refractivity contribution is -0.119. The second kappa shape index (κ2) is 7.64. The van der Waals surface area contributed by atoms with Gasteiger partial charge in [0.2, 0.25) is 5.91 Å². The van der Waals surface area contributed by atoms with Gasteiger partial charge in [0.15, 0.2) is 0 Å². The Bertz CT molecular complexity index is 688. The average molecular weight is 323 g/mol. The standard InChI is InChI=1S/C19H21N3O2/c23-18(21-16-10-5-2-6-11-16)17-12-7-13-22(17)19(24)20-14-15-8-3-1-4-9-15/h1-6,8-11,17H,7,12-14H2,(H,20,24)(H,21,23)/t17-/m0/s1. The molecule has 1 heterocycles. The highest BCUT2D eigenvalue weighted by atomic mass is 16.2. The van der Waals surface area contributed by atoms with Gasteiger partial charge in [-0.15, -0.1) is 0 Å². The van der Waals surface area contributed by atoms with Crippen LogP contribution < -0.4 is 10.6 Å². The maximum Gasteiger partial charge on any atom is 0.318 e. The van der Waals surface area contributed by atoms with E-state index in [2.05, 4.69) is 10.6 Å². The summed E-state index contributed by atoms with van der Waals surface area (Å²) >= 11 is 0. The molecule has 0 spiro atoms. The van der Waals surface area contributed by atoms with Crippen LogP contribution in [0.4, 0.5) is 10.5 Å². The number of hydrogen-bond acceptors (Lipinski definition) is 2. The highest BCUT2D eigenvalue weighted by Gasteiger charge is 2.33. The summed E-state index contributed by atoms with van der Waals surface area (Å²) < 4.78 is 0. The van der Waals surface area contributed by atoms with Crippen LogP contribution in [0.1, 0.15) is 18.4 Å². The van der Waals surface area contributed by atoms with Crippen LogP contribution in [0.15, 0.2) is 60.7 Å². The van der Waals surface area contributed by atoms with E-state index >= 15 is 0 Å². The first kappa shape index (κ1) is 16.1. The molecule has 0 radical (unpaired) electrons. The summed E-state index contributed by atoms with van der Waals surface area (Å²) in [5.74, 6) is -0.131. The van der Waals surface area contributed by atoms with E-state index in [4.69, 9.17) is 0 Å². The van der Waals surface area contributed by atoms with Gasteiger partial charge in [0.25, 0.3) is 0 Å². The van der Waals surface area contributed by atoms with Crippen molar-refractivity contribution in [2.75, 3.05) is 11.9 Å². The number of urea groups is 1. The molecule has 2 N–H and O–H groups in total. The van der Waals surface area contributed by atoms with E-state index < -0.39 is 6.04 Å². The van der Waals surface area contributed by atoms with Crippen molar-refractivity contribution in [3.8, 4) is 0 Å². The number of nitrogens with one attached hydrogen (secondary N) is 2. The molecule has 1 saturated heterocycles. The van der Waals surface area contributed by atoms with Crippen LogP contribution in [0.3, 0.4) is 0 Å². The molecule has 124 valence electrons. The van der Waals surface area contributed by atoms with Crippen molar-refractivity contribution < 1.29 is 9.59 Å². The molecule has 0 saturated carbocycles. The normalized spacial score (nSPS) is 16.7. The molecule has 1 aliphatic rings. The van der Waals surface area contributed by atoms with Crippen LogP contribution in [0.5, 0.6) is 0 Å². The van der Waals surface area contributed by atoms with Gasteiger partial charge in [0.1, 0.15) is 6.04 Å². The molecule has 24 heavy (non-hydrogen) atoms. The number of nitrogens with zero attached hydrogens (tertiary/aromatic N) is 1. The van der Waals surface area contributed by atoms with Crippen LogP contribution in [0.2, 0.25) is 0 Å². The van der Waals surface area contributed by atoms with Crippen molar-refractivity contribution >= 4 is 17.6 Å². The molecule has 0 aromatic heterocycles. The molecule has 2 aromatic carbocycles. The number of likely N-dealkylation sites (tertiary alicyclic amines) is 1. The summed E-state index contributed by atoms with van der Waals surface area (Å²) in [6.45, 7) is 1.07. The lowest BCUT2D eigenvalue weighted by atomic mass is 10.2. The molecule has 3 rings (SSSR count). The first-order valence-electron chi connectivity index (χ1n) is 8.18. The van der Waals surface area contributed by atoms with Crippen LogP contribution in [0.25, 0.3) is 0 Å². The van der Waals surface area contributed by atoms with E-state index in [-0.39, 0.29) is 11.9 Å². The molecule has 1 fully saturated rings. The zero-order valence-corrected chi connectivity index (χ0v) is 13.4. The summed E-state index contributed by atoms with van der Waals surface area (Å²) in [5, 5.41) is 5.78. The van der Waals surface area contributed by atoms with E-state index in [9.17, 15) is 9.59 Å². The van der Waals surface area contributed by atoms with E-state index in [1.165, 1.54) is 0 Å². The fourth-order valence-corrected chi connectivity index (χ4v) is 2.90. The van der Waals surface area contributed by atoms with Crippen molar-refractivity contribution in [1.82, 2.24) is 10.2 Å². The van der Waals surface area contributed by atoms with E-state index in [0.29, 0.717) is 19.5 Å². The Morgan fingerprint density at radius 1 is 1.00 bits per heavy atom. The third kappa shape index (κ3) is 3.93. The van der Waals surface area contributed by atoms with Crippen molar-refractivity contribution in [2.24, 2.45) is 0 Å². The Kier molecular flexibility index (Phi) is 5.11. The molecule has 5 heteroatoms. The average Bonchev–Trinajstić information content (AvgIpc) is 3.11. The van der Waals surface area contributed by atoms with Gasteiger partial charge >= 0.3 is 6.03 Å². The molecule has 1 aliphatic heterocycles. The first-order chi connectivity index (χ1) is 11.7. The van der Waals surface area contributed by atoms with Gasteiger partial charge in [-0.1, -0.05) is 48.5 Å². The monoisotopic (exact) mass is 323 g/mol. The SMILES string of the molecule is O=C(Nc1ccccc1)[C@@H]1CCCN1C(=O)NCc1ccccc1. The van der Waals surface area contributed by atoms with Gasteiger partial charge in [-0.3, -0.25) is 4.79 Å². The lowest BCUT2D eigenvalue weighted by Crippen LogP contribution is -2.47. The van der Waals surface area contributed by atoms with Crippen LogP contribution in [0, 0.1) is 0 Å². The molecule has 0 aliphatic carbocycles. The van der Waals surface area contributed by atoms with Crippen molar-refractivity contribution in [3.05, 3.63) is 66.2 Å². The number of amides is 3. The molecule has 1 atom stereocenters. The minimum atomic E-state index is -0.416. The molecule has 0 unspecified atom stereocenters. The second-order valence-corrected chi connectivity index (χ2v) is 5.85. The first-order valence-corrected chi connectivity index (χ1v) is 8.18. The zero-order chi connectivity index (χ0) is 16.8. The molecule has 2 aromatic rings. The Balaban J connectivity index is 1.58. The zero-order valence-electron chi connectivity index (χ0n) is 13.4. The van der Waals surface area contributed by atoms with Crippen LogP contribution >= 0.6 is 0 Å². The number of anilines is 1. The summed E-state index contributed by atoms with van der Waals surface area (Å²) in [6.07, 6.45) is 1.53. The summed E-state index contributed by atoms with van der Waals surface area (Å²) in [7, 11) is 0. The van der Waals surface area contributed by atoms with Crippen LogP contribution in [-0.2, 0) is 11.3 Å². The smallest absolute Gasteiger partial charge is 0.318 e. The maximum absolute atomic E-state index is 12.5. The summed E-state index contributed by atoms with van der Waals surface area (Å²) in [6, 6.07) is 18.5. The molecule has 5 nitrogen and oxygen atoms in total. The maximum atomic E-state index is 12.5. The summed E-state index contributed by atoms with van der Waals surface area (Å²) in [4.78, 5) is 26.5. The lowest BCUT2D eigenvalue weighted by Gasteiger charge is -2.24. The third-order valence-corrected chi connectivity index (χ3v) is 4.14. The number of hydrogen-bond donors (Lipinski definition) is 2. The van der Waals surface area contributed by atoms with Gasteiger partial charge in [-0.25, -0.2) is 4.79 Å². The highest BCUT2D eigenvalue weighted by Crippen LogP contribution is 2.19. The van der Waals surface area contributed by atoms with Crippen molar-refractivity contribution in [1.29, 1.82) is 0 Å². The van der Waals surface area contributed by atoms with E-state index in [0.717, 1.165) is 17.7 Å². The third-order valence-electron chi connectivity index (χ3n) is 4.14. The van der Waals surface area contributed by atoms with E-state index in [1.807, 2.05) is 60.7 Å². The number of carbonyl (C=O) groups excluding carboxylic acids is 2. The predicted molar refractivity (Wildman–Crippen MR) is 93.5 cm³/mol. The van der Waals surface area contributed by atoms with Crippen molar-refractivity contribution in [3.63, 3.8) is 0 Å². The number of rotatable bonds is 4. The van der Waals surface area contributed by atoms with Gasteiger partial charge < -0.3 is 15.5 Å². The largest absolute Gasteiger partial charge is 0.334 e. The van der Waals surface area contributed by atoms with Gasteiger partial charge in [-0.05, 0) is 30.5 Å². The van der Waals surface area contributed by atoms with Crippen molar-refractivity contribution in [2.45, 2.75) is 25.4 Å². The minimum Gasteiger partial charge on any atom is -0.334 e. The Labute approximate surface area is 141 Å². The van der Waals surface area contributed by atoms with Gasteiger partial charge in [-0.2, -0.15) is 0 Å². The number of carbonyl (C=O) groups is 2. The van der Waals surface area contributed by atoms with E-state index in [1.54, 1.807) is 4.90 Å². The Hall–Kier alpha value is -2.82. The number of benzene rings is 2. The molecule has 0 bridgehead atoms. The number of para-hydroxylation sites is 1.